The highest BCUT2D eigenvalue weighted by Crippen LogP contribution is 2.26. The molecule has 0 atom stereocenters. The van der Waals surface area contributed by atoms with Gasteiger partial charge in [-0.25, -0.2) is 4.52 Å². The number of rotatable bonds is 1. The minimum atomic E-state index is 0.0334. The summed E-state index contributed by atoms with van der Waals surface area (Å²) in [6.07, 6.45) is 5.38. The molecular weight excluding hydrogens is 250 g/mol. The number of H-pyrrole nitrogens is 1. The number of para-hydroxylation sites is 1. The zero-order valence-corrected chi connectivity index (χ0v) is 10.6. The van der Waals surface area contributed by atoms with E-state index < -0.39 is 0 Å². The lowest BCUT2D eigenvalue weighted by Gasteiger charge is -2.06. The molecule has 0 bridgehead atoms. The summed E-state index contributed by atoms with van der Waals surface area (Å²) in [5.74, 6) is 0. The maximum absolute atomic E-state index is 11.9. The van der Waals surface area contributed by atoms with Gasteiger partial charge in [-0.1, -0.05) is 12.1 Å². The second kappa shape index (κ2) is 4.06. The third-order valence-corrected chi connectivity index (χ3v) is 3.50. The summed E-state index contributed by atoms with van der Waals surface area (Å²) >= 11 is 0. The van der Waals surface area contributed by atoms with Gasteiger partial charge in [0.15, 0.2) is 5.43 Å². The number of hydrogen-bond donors (Lipinski definition) is 1. The molecule has 4 aromatic rings. The molecule has 0 fully saturated rings. The number of hydrogen-bond acceptors (Lipinski definition) is 2. The molecule has 0 saturated carbocycles. The maximum Gasteiger partial charge on any atom is 0.189 e. The summed E-state index contributed by atoms with van der Waals surface area (Å²) in [6.45, 7) is 0. The molecule has 3 heterocycles. The zero-order chi connectivity index (χ0) is 13.5. The van der Waals surface area contributed by atoms with Gasteiger partial charge in [0, 0.05) is 35.6 Å². The molecule has 0 radical (unpaired) electrons. The largest absolute Gasteiger partial charge is 0.360 e. The molecule has 0 aliphatic rings. The van der Waals surface area contributed by atoms with Gasteiger partial charge < -0.3 is 4.98 Å². The average molecular weight is 261 g/mol. The van der Waals surface area contributed by atoms with E-state index in [1.807, 2.05) is 41.0 Å². The van der Waals surface area contributed by atoms with Gasteiger partial charge >= 0.3 is 0 Å². The monoisotopic (exact) mass is 261 g/mol. The highest BCUT2D eigenvalue weighted by atomic mass is 16.1. The number of fused-ring (bicyclic) bond motifs is 2. The summed E-state index contributed by atoms with van der Waals surface area (Å²) in [7, 11) is 0. The topological polar surface area (TPSA) is 50.2 Å². The highest BCUT2D eigenvalue weighted by Gasteiger charge is 2.06. The Balaban J connectivity index is 2.06. The van der Waals surface area contributed by atoms with Crippen LogP contribution < -0.4 is 5.43 Å². The van der Waals surface area contributed by atoms with Crippen LogP contribution in [-0.4, -0.2) is 14.6 Å². The maximum atomic E-state index is 11.9. The van der Waals surface area contributed by atoms with Crippen molar-refractivity contribution in [2.45, 2.75) is 0 Å². The Morgan fingerprint density at radius 1 is 1.10 bits per heavy atom. The van der Waals surface area contributed by atoms with Crippen molar-refractivity contribution in [1.82, 2.24) is 14.6 Å². The van der Waals surface area contributed by atoms with Gasteiger partial charge in [0.25, 0.3) is 0 Å². The van der Waals surface area contributed by atoms with E-state index in [-0.39, 0.29) is 5.43 Å². The predicted molar refractivity (Wildman–Crippen MR) is 78.8 cm³/mol. The molecule has 4 nitrogen and oxygen atoms in total. The second-order valence-electron chi connectivity index (χ2n) is 4.69. The van der Waals surface area contributed by atoms with Crippen LogP contribution in [-0.2, 0) is 0 Å². The van der Waals surface area contributed by atoms with Crippen LogP contribution in [0.3, 0.4) is 0 Å². The standard InChI is InChI=1S/C16H11N3O/c20-15-5-7-17-16-13(2-1-3-14(15)16)11-6-9-19-12(10-11)4-8-18-19/h1-10H,(H,17,20). The fourth-order valence-corrected chi connectivity index (χ4v) is 2.53. The van der Waals surface area contributed by atoms with E-state index in [0.717, 1.165) is 22.2 Å². The molecular formula is C16H11N3O. The van der Waals surface area contributed by atoms with Crippen LogP contribution in [0.1, 0.15) is 0 Å². The summed E-state index contributed by atoms with van der Waals surface area (Å²) in [5, 5.41) is 4.90. The zero-order valence-electron chi connectivity index (χ0n) is 10.6. The lowest BCUT2D eigenvalue weighted by Crippen LogP contribution is -2.00. The van der Waals surface area contributed by atoms with Crippen molar-refractivity contribution in [1.29, 1.82) is 0 Å². The van der Waals surface area contributed by atoms with Crippen LogP contribution >= 0.6 is 0 Å². The van der Waals surface area contributed by atoms with E-state index in [1.165, 1.54) is 0 Å². The molecule has 96 valence electrons. The van der Waals surface area contributed by atoms with Crippen molar-refractivity contribution in [2.24, 2.45) is 0 Å². The Morgan fingerprint density at radius 3 is 3.00 bits per heavy atom. The fraction of sp³-hybridized carbons (Fsp3) is 0. The molecule has 0 spiro atoms. The third-order valence-electron chi connectivity index (χ3n) is 3.50. The number of aromatic nitrogens is 3. The molecule has 20 heavy (non-hydrogen) atoms. The van der Waals surface area contributed by atoms with Gasteiger partial charge in [0.05, 0.1) is 11.0 Å². The van der Waals surface area contributed by atoms with Crippen molar-refractivity contribution in [3.63, 3.8) is 0 Å². The molecule has 0 unspecified atom stereocenters. The molecule has 4 rings (SSSR count). The Bertz CT molecular complexity index is 982. The highest BCUT2D eigenvalue weighted by molar-refractivity contribution is 5.93. The van der Waals surface area contributed by atoms with E-state index >= 15 is 0 Å². The number of pyridine rings is 2. The van der Waals surface area contributed by atoms with Gasteiger partial charge in [0.2, 0.25) is 0 Å². The van der Waals surface area contributed by atoms with Crippen LogP contribution in [0, 0.1) is 0 Å². The summed E-state index contributed by atoms with van der Waals surface area (Å²) in [5.41, 5.74) is 4.00. The van der Waals surface area contributed by atoms with E-state index in [4.69, 9.17) is 0 Å². The first kappa shape index (κ1) is 11.0. The van der Waals surface area contributed by atoms with E-state index in [2.05, 4.69) is 16.1 Å². The van der Waals surface area contributed by atoms with Crippen molar-refractivity contribution in [3.8, 4) is 11.1 Å². The van der Waals surface area contributed by atoms with Crippen LogP contribution in [0.5, 0.6) is 0 Å². The minimum Gasteiger partial charge on any atom is -0.360 e. The normalized spacial score (nSPS) is 11.2. The van der Waals surface area contributed by atoms with Crippen molar-refractivity contribution >= 4 is 16.4 Å². The van der Waals surface area contributed by atoms with Gasteiger partial charge in [-0.2, -0.15) is 5.10 Å². The smallest absolute Gasteiger partial charge is 0.189 e. The molecule has 1 N–H and O–H groups in total. The minimum absolute atomic E-state index is 0.0334. The SMILES string of the molecule is O=c1cc[nH]c2c(-c3ccn4nccc4c3)cccc12. The number of nitrogens with one attached hydrogen (secondary N) is 1. The van der Waals surface area contributed by atoms with Gasteiger partial charge in [-0.15, -0.1) is 0 Å². The first-order valence-corrected chi connectivity index (χ1v) is 6.37. The summed E-state index contributed by atoms with van der Waals surface area (Å²) in [6, 6.07) is 13.3. The average Bonchev–Trinajstić information content (AvgIpc) is 2.94. The van der Waals surface area contributed by atoms with Crippen molar-refractivity contribution in [3.05, 3.63) is 71.3 Å². The van der Waals surface area contributed by atoms with Crippen molar-refractivity contribution in [2.75, 3.05) is 0 Å². The Kier molecular flexibility index (Phi) is 2.23. The van der Waals surface area contributed by atoms with Crippen LogP contribution in [0.4, 0.5) is 0 Å². The number of aromatic amines is 1. The first-order chi connectivity index (χ1) is 9.83. The molecule has 1 aromatic carbocycles. The van der Waals surface area contributed by atoms with Crippen LogP contribution in [0.2, 0.25) is 0 Å². The molecule has 3 aromatic heterocycles. The second-order valence-corrected chi connectivity index (χ2v) is 4.69. The lowest BCUT2D eigenvalue weighted by molar-refractivity contribution is 0.962. The van der Waals surface area contributed by atoms with E-state index in [9.17, 15) is 4.79 Å². The Labute approximate surface area is 114 Å². The summed E-state index contributed by atoms with van der Waals surface area (Å²) < 4.78 is 1.82. The predicted octanol–water partition coefficient (Wildman–Crippen LogP) is 2.84. The quantitative estimate of drug-likeness (QED) is 0.573. The molecule has 0 amide bonds. The fourth-order valence-electron chi connectivity index (χ4n) is 2.53. The number of benzene rings is 1. The van der Waals surface area contributed by atoms with Crippen LogP contribution in [0.15, 0.2) is 65.8 Å². The lowest BCUT2D eigenvalue weighted by atomic mass is 10.0. The summed E-state index contributed by atoms with van der Waals surface area (Å²) in [4.78, 5) is 15.1. The van der Waals surface area contributed by atoms with Crippen LogP contribution in [0.25, 0.3) is 27.5 Å². The van der Waals surface area contributed by atoms with E-state index in [1.54, 1.807) is 18.5 Å². The van der Waals surface area contributed by atoms with Crippen molar-refractivity contribution < 1.29 is 0 Å². The first-order valence-electron chi connectivity index (χ1n) is 6.37. The Morgan fingerprint density at radius 2 is 2.05 bits per heavy atom. The third kappa shape index (κ3) is 1.55. The van der Waals surface area contributed by atoms with Gasteiger partial charge in [-0.05, 0) is 29.8 Å². The molecule has 0 aliphatic heterocycles. The number of nitrogens with zero attached hydrogens (tertiary/aromatic N) is 2. The molecule has 4 heteroatoms. The van der Waals surface area contributed by atoms with E-state index in [0.29, 0.717) is 5.39 Å². The Hall–Kier alpha value is -2.88. The van der Waals surface area contributed by atoms with Gasteiger partial charge in [0.1, 0.15) is 0 Å². The molecule has 0 saturated heterocycles. The van der Waals surface area contributed by atoms with Gasteiger partial charge in [-0.3, -0.25) is 4.79 Å². The molecule has 0 aliphatic carbocycles.